The Morgan fingerprint density at radius 2 is 1.86 bits per heavy atom. The van der Waals surface area contributed by atoms with Gasteiger partial charge in [-0.25, -0.2) is 4.98 Å². The van der Waals surface area contributed by atoms with E-state index in [9.17, 15) is 19.8 Å². The van der Waals surface area contributed by atoms with Crippen LogP contribution in [-0.4, -0.2) is 57.1 Å². The van der Waals surface area contributed by atoms with Crippen molar-refractivity contribution in [3.63, 3.8) is 0 Å². The molecule has 36 heavy (non-hydrogen) atoms. The number of carbonyl (C=O) groups excluding carboxylic acids is 1. The number of carboxylic acid groups (broad SMARTS) is 1. The van der Waals surface area contributed by atoms with Crippen LogP contribution in [0.25, 0.3) is 0 Å². The summed E-state index contributed by atoms with van der Waals surface area (Å²) >= 11 is 1.75. The zero-order valence-electron chi connectivity index (χ0n) is 21.2. The third-order valence-electron chi connectivity index (χ3n) is 9.85. The summed E-state index contributed by atoms with van der Waals surface area (Å²) < 4.78 is 0. The number of carbonyl (C=O) groups is 2. The number of rotatable bonds is 7. The highest BCUT2D eigenvalue weighted by Crippen LogP contribution is 2.55. The molecule has 2 heterocycles. The molecular weight excluding hydrogens is 474 g/mol. The summed E-state index contributed by atoms with van der Waals surface area (Å²) in [5.74, 6) is 1.19. The highest BCUT2D eigenvalue weighted by atomic mass is 32.2. The van der Waals surface area contributed by atoms with Crippen LogP contribution in [0.4, 0.5) is 5.82 Å². The van der Waals surface area contributed by atoms with Gasteiger partial charge in [0.15, 0.2) is 0 Å². The van der Waals surface area contributed by atoms with Gasteiger partial charge in [0.25, 0.3) is 5.91 Å². The maximum atomic E-state index is 13.7. The first-order valence-corrected chi connectivity index (χ1v) is 14.8. The molecule has 3 unspecified atom stereocenters. The van der Waals surface area contributed by atoms with Crippen molar-refractivity contribution in [1.29, 1.82) is 0 Å². The largest absolute Gasteiger partial charge is 0.481 e. The predicted octanol–water partition coefficient (Wildman–Crippen LogP) is 4.33. The number of hydrogen-bond donors (Lipinski definition) is 3. The molecule has 6 aliphatic rings. The molecule has 4 bridgehead atoms. The van der Waals surface area contributed by atoms with E-state index < -0.39 is 11.6 Å². The second-order valence-corrected chi connectivity index (χ2v) is 13.7. The summed E-state index contributed by atoms with van der Waals surface area (Å²) in [4.78, 5) is 32.3. The van der Waals surface area contributed by atoms with Crippen molar-refractivity contribution in [3.05, 3.63) is 17.7 Å². The van der Waals surface area contributed by atoms with Crippen LogP contribution in [0.3, 0.4) is 0 Å². The topological polar surface area (TPSA) is 103 Å². The summed E-state index contributed by atoms with van der Waals surface area (Å²) in [5.41, 5.74) is 0.161. The molecule has 6 fully saturated rings. The maximum Gasteiger partial charge on any atom is 0.306 e. The van der Waals surface area contributed by atoms with E-state index in [1.165, 1.54) is 12.8 Å². The van der Waals surface area contributed by atoms with Gasteiger partial charge < -0.3 is 20.4 Å². The molecule has 1 aliphatic heterocycles. The van der Waals surface area contributed by atoms with Gasteiger partial charge in [-0.15, -0.1) is 11.8 Å². The third kappa shape index (κ3) is 4.64. The molecule has 7 nitrogen and oxygen atoms in total. The number of aliphatic carboxylic acids is 1. The zero-order valence-corrected chi connectivity index (χ0v) is 22.0. The van der Waals surface area contributed by atoms with Crippen LogP contribution >= 0.6 is 11.8 Å². The van der Waals surface area contributed by atoms with Crippen LogP contribution in [0.1, 0.15) is 81.5 Å². The SMILES string of the molecule is CC(C(=O)O)[C@@H]1CCN(c2ccc(C(=O)NC3C4CC5CC3CC(O)(C5)C4)c(SC3CCCC3)n2)C1. The lowest BCUT2D eigenvalue weighted by Gasteiger charge is -2.58. The highest BCUT2D eigenvalue weighted by molar-refractivity contribution is 7.99. The van der Waals surface area contributed by atoms with Crippen LogP contribution in [0, 0.1) is 29.6 Å². The number of hydrogen-bond acceptors (Lipinski definition) is 6. The minimum absolute atomic E-state index is 0.0298. The van der Waals surface area contributed by atoms with Gasteiger partial charge in [-0.2, -0.15) is 0 Å². The molecule has 196 valence electrons. The van der Waals surface area contributed by atoms with Crippen LogP contribution in [0.5, 0.6) is 0 Å². The number of anilines is 1. The smallest absolute Gasteiger partial charge is 0.306 e. The maximum absolute atomic E-state index is 13.7. The molecule has 1 aromatic rings. The molecule has 1 amide bonds. The van der Waals surface area contributed by atoms with E-state index in [0.29, 0.717) is 35.1 Å². The summed E-state index contributed by atoms with van der Waals surface area (Å²) in [5, 5.41) is 25.1. The first-order valence-electron chi connectivity index (χ1n) is 14.0. The third-order valence-corrected chi connectivity index (χ3v) is 11.2. The fraction of sp³-hybridized carbons (Fsp3) is 0.750. The molecule has 8 heteroatoms. The van der Waals surface area contributed by atoms with Gasteiger partial charge in [-0.1, -0.05) is 19.8 Å². The van der Waals surface area contributed by atoms with Crippen molar-refractivity contribution < 1.29 is 19.8 Å². The standard InChI is InChI=1S/C28H39N3O4S/c1-16(27(33)34)18-8-9-31(15-18)23-7-6-22(26(29-23)36-21-4-2-3-5-21)25(32)30-24-19-10-17-11-20(24)14-28(35,12-17)13-19/h6-7,16-21,24,35H,2-5,8-15H2,1H3,(H,30,32)(H,33,34)/t16?,17?,18-,19?,20?,24?,28?/m1/s1. The van der Waals surface area contributed by atoms with E-state index in [1.807, 2.05) is 12.1 Å². The second kappa shape index (κ2) is 9.50. The van der Waals surface area contributed by atoms with Crippen molar-refractivity contribution in [1.82, 2.24) is 10.3 Å². The first kappa shape index (κ1) is 24.5. The Morgan fingerprint density at radius 1 is 1.14 bits per heavy atom. The first-order chi connectivity index (χ1) is 17.3. The van der Waals surface area contributed by atoms with Crippen LogP contribution < -0.4 is 10.2 Å². The fourth-order valence-electron chi connectivity index (χ4n) is 8.08. The molecule has 3 N–H and O–H groups in total. The van der Waals surface area contributed by atoms with Gasteiger partial charge in [0.2, 0.25) is 0 Å². The van der Waals surface area contributed by atoms with E-state index in [4.69, 9.17) is 4.98 Å². The Kier molecular flexibility index (Phi) is 6.47. The fourth-order valence-corrected chi connectivity index (χ4v) is 9.40. The lowest BCUT2D eigenvalue weighted by Crippen LogP contribution is -2.61. The van der Waals surface area contributed by atoms with Crippen LogP contribution in [0.2, 0.25) is 0 Å². The minimum Gasteiger partial charge on any atom is -0.481 e. The van der Waals surface area contributed by atoms with Gasteiger partial charge in [0.1, 0.15) is 10.8 Å². The van der Waals surface area contributed by atoms with Crippen molar-refractivity contribution >= 4 is 29.5 Å². The molecule has 0 aromatic carbocycles. The number of nitrogens with one attached hydrogen (secondary N) is 1. The van der Waals surface area contributed by atoms with Crippen molar-refractivity contribution in [3.8, 4) is 0 Å². The monoisotopic (exact) mass is 513 g/mol. The molecule has 5 saturated carbocycles. The molecule has 1 aromatic heterocycles. The molecule has 7 rings (SSSR count). The summed E-state index contributed by atoms with van der Waals surface area (Å²) in [6.07, 6.45) is 10.4. The summed E-state index contributed by atoms with van der Waals surface area (Å²) in [6.45, 7) is 3.28. The number of thioether (sulfide) groups is 1. The van der Waals surface area contributed by atoms with E-state index >= 15 is 0 Å². The number of nitrogens with zero attached hydrogens (tertiary/aromatic N) is 2. The Bertz CT molecular complexity index is 1010. The number of pyridine rings is 1. The quantitative estimate of drug-likeness (QED) is 0.499. The Morgan fingerprint density at radius 3 is 2.53 bits per heavy atom. The van der Waals surface area contributed by atoms with Crippen LogP contribution in [0.15, 0.2) is 17.2 Å². The lowest BCUT2D eigenvalue weighted by atomic mass is 9.52. The number of carboxylic acids is 1. The predicted molar refractivity (Wildman–Crippen MR) is 139 cm³/mol. The normalized spacial score (nSPS) is 36.4. The molecular formula is C28H39N3O4S. The van der Waals surface area contributed by atoms with Crippen molar-refractivity contribution in [2.45, 2.75) is 93.1 Å². The van der Waals surface area contributed by atoms with Gasteiger partial charge >= 0.3 is 5.97 Å². The van der Waals surface area contributed by atoms with Gasteiger partial charge in [0.05, 0.1) is 17.1 Å². The molecule has 5 aliphatic carbocycles. The Labute approximate surface area is 217 Å². The summed E-state index contributed by atoms with van der Waals surface area (Å²) in [6, 6.07) is 4.03. The molecule has 0 radical (unpaired) electrons. The van der Waals surface area contributed by atoms with Gasteiger partial charge in [-0.05, 0) is 87.2 Å². The van der Waals surface area contributed by atoms with Crippen molar-refractivity contribution in [2.75, 3.05) is 18.0 Å². The van der Waals surface area contributed by atoms with E-state index in [1.54, 1.807) is 18.7 Å². The van der Waals surface area contributed by atoms with Crippen LogP contribution in [-0.2, 0) is 4.79 Å². The van der Waals surface area contributed by atoms with Crippen molar-refractivity contribution in [2.24, 2.45) is 29.6 Å². The Hall–Kier alpha value is -1.80. The Balaban J connectivity index is 1.21. The van der Waals surface area contributed by atoms with Gasteiger partial charge in [0, 0.05) is 24.4 Å². The van der Waals surface area contributed by atoms with Gasteiger partial charge in [-0.3, -0.25) is 9.59 Å². The van der Waals surface area contributed by atoms with E-state index in [0.717, 1.165) is 68.8 Å². The minimum atomic E-state index is -0.740. The second-order valence-electron chi connectivity index (χ2n) is 12.4. The molecule has 1 saturated heterocycles. The number of amides is 1. The zero-order chi connectivity index (χ0) is 25.0. The number of aromatic nitrogens is 1. The summed E-state index contributed by atoms with van der Waals surface area (Å²) in [7, 11) is 0. The lowest BCUT2D eigenvalue weighted by molar-refractivity contribution is -0.142. The number of aliphatic hydroxyl groups is 1. The van der Waals surface area contributed by atoms with E-state index in [2.05, 4.69) is 10.2 Å². The van der Waals surface area contributed by atoms with E-state index in [-0.39, 0.29) is 23.8 Å². The highest BCUT2D eigenvalue weighted by Gasteiger charge is 2.55. The molecule has 4 atom stereocenters. The average molecular weight is 514 g/mol. The average Bonchev–Trinajstić information content (AvgIpc) is 3.52. The molecule has 0 spiro atoms.